The van der Waals surface area contributed by atoms with Crippen LogP contribution >= 0.6 is 0 Å². The number of rotatable bonds is 5. The average molecular weight is 267 g/mol. The maximum absolute atomic E-state index is 12.1. The number of halogens is 3. The summed E-state index contributed by atoms with van der Waals surface area (Å²) in [5.74, 6) is 0. The van der Waals surface area contributed by atoms with Gasteiger partial charge in [-0.3, -0.25) is 0 Å². The summed E-state index contributed by atoms with van der Waals surface area (Å²) in [4.78, 5) is 13.3. The van der Waals surface area contributed by atoms with E-state index >= 15 is 0 Å². The number of amides is 2. The summed E-state index contributed by atoms with van der Waals surface area (Å²) >= 11 is 0. The summed E-state index contributed by atoms with van der Waals surface area (Å²) in [6.07, 6.45) is 0.0154. The van der Waals surface area contributed by atoms with Gasteiger partial charge in [0.1, 0.15) is 6.54 Å². The SMILES string of the molecule is NCCCN(C(=O)NCC(F)(F)F)C1CCCC1. The number of hydrogen-bond acceptors (Lipinski definition) is 2. The quantitative estimate of drug-likeness (QED) is 0.798. The number of nitrogens with one attached hydrogen (secondary N) is 1. The van der Waals surface area contributed by atoms with Gasteiger partial charge in [0, 0.05) is 12.6 Å². The van der Waals surface area contributed by atoms with Crippen molar-refractivity contribution in [1.29, 1.82) is 0 Å². The lowest BCUT2D eigenvalue weighted by Gasteiger charge is -2.29. The topological polar surface area (TPSA) is 58.4 Å². The van der Waals surface area contributed by atoms with Crippen LogP contribution in [0.4, 0.5) is 18.0 Å². The Bertz CT molecular complexity index is 265. The highest BCUT2D eigenvalue weighted by molar-refractivity contribution is 5.74. The largest absolute Gasteiger partial charge is 0.405 e. The molecule has 0 aliphatic heterocycles. The van der Waals surface area contributed by atoms with Gasteiger partial charge in [-0.05, 0) is 25.8 Å². The average Bonchev–Trinajstić information content (AvgIpc) is 2.79. The predicted octanol–water partition coefficient (Wildman–Crippen LogP) is 1.85. The molecule has 1 saturated carbocycles. The van der Waals surface area contributed by atoms with Crippen molar-refractivity contribution in [2.45, 2.75) is 44.3 Å². The molecule has 1 aliphatic rings. The van der Waals surface area contributed by atoms with E-state index in [4.69, 9.17) is 5.73 Å². The van der Waals surface area contributed by atoms with Crippen LogP contribution in [-0.2, 0) is 0 Å². The first kappa shape index (κ1) is 15.1. The van der Waals surface area contributed by atoms with Crippen molar-refractivity contribution < 1.29 is 18.0 Å². The van der Waals surface area contributed by atoms with Crippen molar-refractivity contribution >= 4 is 6.03 Å². The van der Waals surface area contributed by atoms with E-state index in [0.29, 0.717) is 19.5 Å². The second-order valence-electron chi connectivity index (χ2n) is 4.55. The molecule has 0 aromatic carbocycles. The molecule has 1 fully saturated rings. The normalized spacial score (nSPS) is 16.9. The summed E-state index contributed by atoms with van der Waals surface area (Å²) in [6.45, 7) is -0.432. The van der Waals surface area contributed by atoms with E-state index < -0.39 is 18.8 Å². The van der Waals surface area contributed by atoms with Gasteiger partial charge in [0.25, 0.3) is 0 Å². The predicted molar refractivity (Wildman–Crippen MR) is 62.1 cm³/mol. The minimum atomic E-state index is -4.37. The van der Waals surface area contributed by atoms with E-state index in [2.05, 4.69) is 0 Å². The maximum atomic E-state index is 12.1. The Morgan fingerprint density at radius 1 is 1.33 bits per heavy atom. The Morgan fingerprint density at radius 3 is 2.44 bits per heavy atom. The first-order chi connectivity index (χ1) is 8.44. The number of alkyl halides is 3. The number of urea groups is 1. The van der Waals surface area contributed by atoms with Crippen LogP contribution < -0.4 is 11.1 Å². The van der Waals surface area contributed by atoms with Crippen LogP contribution in [0.1, 0.15) is 32.1 Å². The number of nitrogens with zero attached hydrogens (tertiary/aromatic N) is 1. The molecule has 0 atom stereocenters. The van der Waals surface area contributed by atoms with Gasteiger partial charge in [-0.15, -0.1) is 0 Å². The van der Waals surface area contributed by atoms with Crippen molar-refractivity contribution in [3.63, 3.8) is 0 Å². The van der Waals surface area contributed by atoms with Crippen molar-refractivity contribution in [1.82, 2.24) is 10.2 Å². The Morgan fingerprint density at radius 2 is 1.94 bits per heavy atom. The van der Waals surface area contributed by atoms with Gasteiger partial charge in [-0.2, -0.15) is 13.2 Å². The lowest BCUT2D eigenvalue weighted by atomic mass is 10.2. The molecule has 0 radical (unpaired) electrons. The van der Waals surface area contributed by atoms with Crippen LogP contribution in [0.5, 0.6) is 0 Å². The fraction of sp³-hybridized carbons (Fsp3) is 0.909. The molecule has 4 nitrogen and oxygen atoms in total. The van der Waals surface area contributed by atoms with Gasteiger partial charge in [0.05, 0.1) is 0 Å². The second kappa shape index (κ2) is 6.82. The number of hydrogen-bond donors (Lipinski definition) is 2. The Kier molecular flexibility index (Phi) is 5.71. The first-order valence-electron chi connectivity index (χ1n) is 6.25. The standard InChI is InChI=1S/C11H20F3N3O/c12-11(13,14)8-16-10(18)17(7-3-6-15)9-4-1-2-5-9/h9H,1-8,15H2,(H,16,18). The van der Waals surface area contributed by atoms with Gasteiger partial charge in [-0.1, -0.05) is 12.8 Å². The maximum Gasteiger partial charge on any atom is 0.405 e. The van der Waals surface area contributed by atoms with Crippen molar-refractivity contribution in [3.05, 3.63) is 0 Å². The van der Waals surface area contributed by atoms with Crippen molar-refractivity contribution in [2.24, 2.45) is 5.73 Å². The Balaban J connectivity index is 2.49. The molecule has 0 unspecified atom stereocenters. The van der Waals surface area contributed by atoms with E-state index in [9.17, 15) is 18.0 Å². The first-order valence-corrected chi connectivity index (χ1v) is 6.25. The molecule has 7 heteroatoms. The van der Waals surface area contributed by atoms with E-state index in [1.54, 1.807) is 0 Å². The highest BCUT2D eigenvalue weighted by Crippen LogP contribution is 2.24. The van der Waals surface area contributed by atoms with Gasteiger partial charge in [0.2, 0.25) is 0 Å². The summed E-state index contributed by atoms with van der Waals surface area (Å²) in [6, 6.07) is -0.572. The third-order valence-corrected chi connectivity index (χ3v) is 3.07. The Hall–Kier alpha value is -0.980. The zero-order valence-corrected chi connectivity index (χ0v) is 10.3. The van der Waals surface area contributed by atoms with Crippen LogP contribution in [0.15, 0.2) is 0 Å². The van der Waals surface area contributed by atoms with Gasteiger partial charge in [0.15, 0.2) is 0 Å². The van der Waals surface area contributed by atoms with Crippen molar-refractivity contribution in [2.75, 3.05) is 19.6 Å². The second-order valence-corrected chi connectivity index (χ2v) is 4.55. The number of carbonyl (C=O) groups excluding carboxylic acids is 1. The summed E-state index contributed by atoms with van der Waals surface area (Å²) in [7, 11) is 0. The van der Waals surface area contributed by atoms with E-state index in [-0.39, 0.29) is 6.04 Å². The van der Waals surface area contributed by atoms with Crippen LogP contribution in [-0.4, -0.2) is 42.8 Å². The molecule has 0 aromatic rings. The van der Waals surface area contributed by atoms with E-state index in [1.165, 1.54) is 4.90 Å². The van der Waals surface area contributed by atoms with Gasteiger partial charge in [-0.25, -0.2) is 4.79 Å². The summed E-state index contributed by atoms with van der Waals surface area (Å²) in [5, 5.41) is 1.93. The molecule has 3 N–H and O–H groups in total. The zero-order chi connectivity index (χ0) is 13.6. The number of nitrogens with two attached hydrogens (primary N) is 1. The molecule has 106 valence electrons. The minimum absolute atomic E-state index is 0.0600. The van der Waals surface area contributed by atoms with Gasteiger partial charge >= 0.3 is 12.2 Å². The molecule has 18 heavy (non-hydrogen) atoms. The third-order valence-electron chi connectivity index (χ3n) is 3.07. The fourth-order valence-corrected chi connectivity index (χ4v) is 2.20. The van der Waals surface area contributed by atoms with Crippen LogP contribution in [0.3, 0.4) is 0 Å². The summed E-state index contributed by atoms with van der Waals surface area (Å²) < 4.78 is 36.2. The molecule has 0 spiro atoms. The monoisotopic (exact) mass is 267 g/mol. The highest BCUT2D eigenvalue weighted by Gasteiger charge is 2.31. The molecule has 0 bridgehead atoms. The van der Waals surface area contributed by atoms with Crippen LogP contribution in [0, 0.1) is 0 Å². The molecular weight excluding hydrogens is 247 g/mol. The molecular formula is C11H20F3N3O. The van der Waals surface area contributed by atoms with Gasteiger partial charge < -0.3 is 16.0 Å². The van der Waals surface area contributed by atoms with E-state index in [0.717, 1.165) is 25.7 Å². The molecule has 2 amide bonds. The molecule has 0 saturated heterocycles. The van der Waals surface area contributed by atoms with Crippen LogP contribution in [0.2, 0.25) is 0 Å². The lowest BCUT2D eigenvalue weighted by molar-refractivity contribution is -0.123. The molecule has 0 heterocycles. The Labute approximate surface area is 105 Å². The summed E-state index contributed by atoms with van der Waals surface area (Å²) in [5.41, 5.74) is 5.38. The zero-order valence-electron chi connectivity index (χ0n) is 10.3. The smallest absolute Gasteiger partial charge is 0.330 e. The highest BCUT2D eigenvalue weighted by atomic mass is 19.4. The molecule has 0 aromatic heterocycles. The number of carbonyl (C=O) groups is 1. The fourth-order valence-electron chi connectivity index (χ4n) is 2.20. The minimum Gasteiger partial charge on any atom is -0.330 e. The molecule has 1 rings (SSSR count). The lowest BCUT2D eigenvalue weighted by Crippen LogP contribution is -2.48. The molecule has 1 aliphatic carbocycles. The van der Waals surface area contributed by atoms with E-state index in [1.807, 2.05) is 5.32 Å². The third kappa shape index (κ3) is 5.12. The van der Waals surface area contributed by atoms with Crippen LogP contribution in [0.25, 0.3) is 0 Å². The van der Waals surface area contributed by atoms with Crippen molar-refractivity contribution in [3.8, 4) is 0 Å².